The summed E-state index contributed by atoms with van der Waals surface area (Å²) in [5, 5.41) is 0. The van der Waals surface area contributed by atoms with E-state index in [1.807, 2.05) is 0 Å². The fourth-order valence-corrected chi connectivity index (χ4v) is 4.20. The first kappa shape index (κ1) is 29.1. The highest BCUT2D eigenvalue weighted by molar-refractivity contribution is 5.39. The molecule has 2 unspecified atom stereocenters. The van der Waals surface area contributed by atoms with Gasteiger partial charge in [-0.25, -0.2) is 0 Å². The van der Waals surface area contributed by atoms with Gasteiger partial charge in [-0.15, -0.1) is 0 Å². The standard InChI is InChI=1S/C29H50O5/c1-6-10-16-30-22-24-21-27(32-18-12-8-3)29(33-19-13-9-4)28(34-24)25-20-23(5)14-15-26(25)31-17-11-7-2/h14-15,20,24,27-29H,6-13,16-19,21-22H2,1-5H3/t24-,27?,28?,29+/m0/s1. The molecule has 0 spiro atoms. The minimum atomic E-state index is -0.242. The number of benzene rings is 1. The van der Waals surface area contributed by atoms with Gasteiger partial charge in [-0.3, -0.25) is 0 Å². The van der Waals surface area contributed by atoms with Gasteiger partial charge in [0.05, 0.1) is 25.4 Å². The van der Waals surface area contributed by atoms with Crippen LogP contribution in [0.4, 0.5) is 0 Å². The van der Waals surface area contributed by atoms with Crippen molar-refractivity contribution in [3.05, 3.63) is 29.3 Å². The van der Waals surface area contributed by atoms with Gasteiger partial charge in [0.2, 0.25) is 0 Å². The lowest BCUT2D eigenvalue weighted by atomic mass is 9.91. The van der Waals surface area contributed by atoms with E-state index in [9.17, 15) is 0 Å². The maximum absolute atomic E-state index is 6.72. The zero-order chi connectivity index (χ0) is 24.6. The molecule has 5 heteroatoms. The van der Waals surface area contributed by atoms with Gasteiger partial charge in [0.1, 0.15) is 18.0 Å². The average molecular weight is 479 g/mol. The minimum Gasteiger partial charge on any atom is -0.493 e. The highest BCUT2D eigenvalue weighted by Crippen LogP contribution is 2.40. The van der Waals surface area contributed by atoms with Crippen molar-refractivity contribution in [2.75, 3.05) is 33.0 Å². The van der Waals surface area contributed by atoms with Crippen molar-refractivity contribution in [2.45, 2.75) is 117 Å². The molecule has 0 amide bonds. The molecule has 0 bridgehead atoms. The molecule has 0 N–H and O–H groups in total. The fourth-order valence-electron chi connectivity index (χ4n) is 4.20. The molecule has 0 saturated carbocycles. The van der Waals surface area contributed by atoms with Crippen LogP contribution in [0.2, 0.25) is 0 Å². The summed E-state index contributed by atoms with van der Waals surface area (Å²) in [6.45, 7) is 14.4. The molecule has 0 aliphatic carbocycles. The van der Waals surface area contributed by atoms with Gasteiger partial charge >= 0.3 is 0 Å². The molecule has 1 saturated heterocycles. The lowest BCUT2D eigenvalue weighted by Crippen LogP contribution is -2.48. The van der Waals surface area contributed by atoms with E-state index >= 15 is 0 Å². The first-order valence-electron chi connectivity index (χ1n) is 13.8. The van der Waals surface area contributed by atoms with Gasteiger partial charge in [0.15, 0.2) is 0 Å². The molecule has 196 valence electrons. The summed E-state index contributed by atoms with van der Waals surface area (Å²) in [5.41, 5.74) is 2.26. The Bertz CT molecular complexity index is 649. The molecule has 1 aliphatic rings. The fraction of sp³-hybridized carbons (Fsp3) is 0.793. The van der Waals surface area contributed by atoms with E-state index in [4.69, 9.17) is 23.7 Å². The number of aryl methyl sites for hydroxylation is 1. The molecule has 1 aromatic carbocycles. The topological polar surface area (TPSA) is 46.2 Å². The highest BCUT2D eigenvalue weighted by Gasteiger charge is 2.42. The zero-order valence-electron chi connectivity index (χ0n) is 22.5. The van der Waals surface area contributed by atoms with Gasteiger partial charge in [0, 0.05) is 31.8 Å². The van der Waals surface area contributed by atoms with Gasteiger partial charge in [-0.2, -0.15) is 0 Å². The average Bonchev–Trinajstić information content (AvgIpc) is 2.84. The van der Waals surface area contributed by atoms with E-state index in [1.165, 1.54) is 5.56 Å². The van der Waals surface area contributed by atoms with Crippen LogP contribution in [-0.2, 0) is 18.9 Å². The number of hydrogen-bond acceptors (Lipinski definition) is 5. The molecule has 34 heavy (non-hydrogen) atoms. The van der Waals surface area contributed by atoms with Gasteiger partial charge in [-0.1, -0.05) is 65.0 Å². The second kappa shape index (κ2) is 17.3. The zero-order valence-corrected chi connectivity index (χ0v) is 22.5. The monoisotopic (exact) mass is 478 g/mol. The Kier molecular flexibility index (Phi) is 14.8. The summed E-state index contributed by atoms with van der Waals surface area (Å²) in [4.78, 5) is 0. The van der Waals surface area contributed by atoms with Gasteiger partial charge < -0.3 is 23.7 Å². The third kappa shape index (κ3) is 9.85. The minimum absolute atomic E-state index is 0.0223. The Morgan fingerprint density at radius 2 is 1.47 bits per heavy atom. The van der Waals surface area contributed by atoms with E-state index in [0.717, 1.165) is 82.3 Å². The summed E-state index contributed by atoms with van der Waals surface area (Å²) >= 11 is 0. The molecular formula is C29H50O5. The molecule has 1 aliphatic heterocycles. The second-order valence-corrected chi connectivity index (χ2v) is 9.54. The smallest absolute Gasteiger partial charge is 0.125 e. The number of hydrogen-bond donors (Lipinski definition) is 0. The predicted octanol–water partition coefficient (Wildman–Crippen LogP) is 7.19. The van der Waals surface area contributed by atoms with Crippen LogP contribution in [0, 0.1) is 6.92 Å². The van der Waals surface area contributed by atoms with Gasteiger partial charge in [-0.05, 0) is 44.7 Å². The maximum Gasteiger partial charge on any atom is 0.125 e. The van der Waals surface area contributed by atoms with Crippen LogP contribution in [0.1, 0.15) is 103 Å². The number of ether oxygens (including phenoxy) is 5. The summed E-state index contributed by atoms with van der Waals surface area (Å²) in [6.07, 6.45) is 8.98. The molecular weight excluding hydrogens is 428 g/mol. The predicted molar refractivity (Wildman–Crippen MR) is 139 cm³/mol. The lowest BCUT2D eigenvalue weighted by Gasteiger charge is -2.42. The first-order chi connectivity index (χ1) is 16.6. The van der Waals surface area contributed by atoms with Crippen LogP contribution >= 0.6 is 0 Å². The summed E-state index contributed by atoms with van der Waals surface area (Å²) in [6, 6.07) is 6.40. The number of rotatable bonds is 18. The van der Waals surface area contributed by atoms with Crippen molar-refractivity contribution in [3.63, 3.8) is 0 Å². The van der Waals surface area contributed by atoms with E-state index in [0.29, 0.717) is 19.8 Å². The van der Waals surface area contributed by atoms with Crippen LogP contribution in [-0.4, -0.2) is 51.3 Å². The highest BCUT2D eigenvalue weighted by atomic mass is 16.6. The SMILES string of the molecule is CCCCOC[C@@H]1CC(OCCCC)[C@@H](OCCCC)C(c2cc(C)ccc2OCCCC)O1. The van der Waals surface area contributed by atoms with Crippen LogP contribution < -0.4 is 4.74 Å². The summed E-state index contributed by atoms with van der Waals surface area (Å²) in [7, 11) is 0. The van der Waals surface area contributed by atoms with E-state index in [1.54, 1.807) is 0 Å². The van der Waals surface area contributed by atoms with Crippen molar-refractivity contribution < 1.29 is 23.7 Å². The Morgan fingerprint density at radius 3 is 2.18 bits per heavy atom. The maximum atomic E-state index is 6.72. The molecule has 1 fully saturated rings. The molecule has 0 aromatic heterocycles. The quantitative estimate of drug-likeness (QED) is 0.209. The summed E-state index contributed by atoms with van der Waals surface area (Å²) < 4.78 is 31.9. The second-order valence-electron chi connectivity index (χ2n) is 9.54. The van der Waals surface area contributed by atoms with Crippen LogP contribution in [0.25, 0.3) is 0 Å². The van der Waals surface area contributed by atoms with E-state index < -0.39 is 0 Å². The Hall–Kier alpha value is -1.14. The lowest BCUT2D eigenvalue weighted by molar-refractivity contribution is -0.213. The van der Waals surface area contributed by atoms with Crippen LogP contribution in [0.3, 0.4) is 0 Å². The van der Waals surface area contributed by atoms with Crippen molar-refractivity contribution in [1.29, 1.82) is 0 Å². The third-order valence-electron chi connectivity index (χ3n) is 6.31. The normalized spacial score (nSPS) is 22.7. The Morgan fingerprint density at radius 1 is 0.824 bits per heavy atom. The van der Waals surface area contributed by atoms with Crippen molar-refractivity contribution in [3.8, 4) is 5.75 Å². The Balaban J connectivity index is 2.31. The van der Waals surface area contributed by atoms with Gasteiger partial charge in [0.25, 0.3) is 0 Å². The molecule has 5 nitrogen and oxygen atoms in total. The largest absolute Gasteiger partial charge is 0.493 e. The molecule has 0 radical (unpaired) electrons. The molecule has 1 aromatic rings. The molecule has 1 heterocycles. The van der Waals surface area contributed by atoms with Crippen molar-refractivity contribution in [2.24, 2.45) is 0 Å². The van der Waals surface area contributed by atoms with Crippen LogP contribution in [0.5, 0.6) is 5.75 Å². The molecule has 4 atom stereocenters. The molecule has 2 rings (SSSR count). The van der Waals surface area contributed by atoms with Crippen molar-refractivity contribution >= 4 is 0 Å². The van der Waals surface area contributed by atoms with E-state index in [2.05, 4.69) is 52.8 Å². The first-order valence-corrected chi connectivity index (χ1v) is 13.8. The third-order valence-corrected chi connectivity index (χ3v) is 6.31. The number of unbranched alkanes of at least 4 members (excludes halogenated alkanes) is 4. The summed E-state index contributed by atoms with van der Waals surface area (Å²) in [5.74, 6) is 0.896. The van der Waals surface area contributed by atoms with E-state index in [-0.39, 0.29) is 24.4 Å². The Labute approximate surface area is 208 Å². The van der Waals surface area contributed by atoms with Crippen LogP contribution in [0.15, 0.2) is 18.2 Å². The van der Waals surface area contributed by atoms with Crippen molar-refractivity contribution in [1.82, 2.24) is 0 Å².